The second-order valence-electron chi connectivity index (χ2n) is 9.84. The van der Waals surface area contributed by atoms with Crippen LogP contribution in [-0.2, 0) is 21.2 Å². The van der Waals surface area contributed by atoms with Gasteiger partial charge in [-0.15, -0.1) is 0 Å². The molecule has 1 N–H and O–H groups in total. The average molecular weight is 554 g/mol. The SMILES string of the molecule is CCN(CC)c1ccc2c(C)c(CCN3C(=O)NC4(CCN(S(=O)(=O)c5cccnc5)C4)C3=O)c(=O)oc2c1. The highest BCUT2D eigenvalue weighted by molar-refractivity contribution is 7.89. The number of benzene rings is 1. The number of nitrogens with one attached hydrogen (secondary N) is 1. The number of urea groups is 1. The van der Waals surface area contributed by atoms with Crippen molar-refractivity contribution in [2.24, 2.45) is 0 Å². The van der Waals surface area contributed by atoms with E-state index in [-0.39, 0.29) is 37.4 Å². The third-order valence-electron chi connectivity index (χ3n) is 7.74. The van der Waals surface area contributed by atoms with E-state index in [9.17, 15) is 22.8 Å². The first kappa shape index (κ1) is 26.8. The Bertz CT molecular complexity index is 1600. The molecule has 2 aliphatic rings. The van der Waals surface area contributed by atoms with Gasteiger partial charge in [-0.1, -0.05) is 0 Å². The summed E-state index contributed by atoms with van der Waals surface area (Å²) in [6.07, 6.45) is 3.00. The minimum Gasteiger partial charge on any atom is -0.422 e. The molecule has 1 unspecified atom stereocenters. The van der Waals surface area contributed by atoms with Crippen molar-refractivity contribution in [2.45, 2.75) is 44.0 Å². The fourth-order valence-corrected chi connectivity index (χ4v) is 6.93. The molecule has 2 aliphatic heterocycles. The molecule has 11 nitrogen and oxygen atoms in total. The molecule has 0 saturated carbocycles. The molecule has 2 aromatic heterocycles. The fraction of sp³-hybridized carbons (Fsp3) is 0.407. The number of anilines is 1. The van der Waals surface area contributed by atoms with Crippen molar-refractivity contribution in [3.63, 3.8) is 0 Å². The van der Waals surface area contributed by atoms with Crippen LogP contribution >= 0.6 is 0 Å². The summed E-state index contributed by atoms with van der Waals surface area (Å²) in [6, 6.07) is 8.12. The van der Waals surface area contributed by atoms with Crippen molar-refractivity contribution in [1.82, 2.24) is 19.5 Å². The van der Waals surface area contributed by atoms with Crippen LogP contribution in [0.5, 0.6) is 0 Å². The van der Waals surface area contributed by atoms with E-state index in [1.807, 2.05) is 25.1 Å². The summed E-state index contributed by atoms with van der Waals surface area (Å²) >= 11 is 0. The molecule has 5 rings (SSSR count). The van der Waals surface area contributed by atoms with E-state index < -0.39 is 33.1 Å². The smallest absolute Gasteiger partial charge is 0.339 e. The quantitative estimate of drug-likeness (QED) is 0.332. The number of imide groups is 1. The first-order chi connectivity index (χ1) is 18.6. The van der Waals surface area contributed by atoms with Crippen LogP contribution in [0.3, 0.4) is 0 Å². The van der Waals surface area contributed by atoms with Crippen LogP contribution in [0.2, 0.25) is 0 Å². The van der Waals surface area contributed by atoms with Crippen LogP contribution in [0.1, 0.15) is 31.4 Å². The van der Waals surface area contributed by atoms with Crippen molar-refractivity contribution in [1.29, 1.82) is 0 Å². The van der Waals surface area contributed by atoms with Crippen molar-refractivity contribution in [3.05, 3.63) is 64.3 Å². The highest BCUT2D eigenvalue weighted by Gasteiger charge is 2.56. The molecule has 1 aromatic carbocycles. The second-order valence-corrected chi connectivity index (χ2v) is 11.8. The standard InChI is InChI=1S/C27H31N5O6S/c1-4-30(5-2)19-8-9-21-18(3)22(24(33)38-23(21)15-19)10-13-32-25(34)27(29-26(32)35)11-14-31(17-27)39(36,37)20-7-6-12-28-16-20/h6-9,12,15-16H,4-5,10-11,13-14,17H2,1-3H3,(H,29,35). The lowest BCUT2D eigenvalue weighted by Crippen LogP contribution is -2.50. The van der Waals surface area contributed by atoms with Gasteiger partial charge in [-0.2, -0.15) is 4.31 Å². The van der Waals surface area contributed by atoms with Gasteiger partial charge in [-0.05, 0) is 63.4 Å². The van der Waals surface area contributed by atoms with Gasteiger partial charge in [0.2, 0.25) is 10.0 Å². The number of hydrogen-bond donors (Lipinski definition) is 1. The normalized spacial score (nSPS) is 19.8. The number of aryl methyl sites for hydroxylation is 1. The van der Waals surface area contributed by atoms with Crippen molar-refractivity contribution < 1.29 is 22.4 Å². The molecule has 2 saturated heterocycles. The number of fused-ring (bicyclic) bond motifs is 1. The average Bonchev–Trinajstić information content (AvgIpc) is 3.46. The van der Waals surface area contributed by atoms with E-state index in [4.69, 9.17) is 4.42 Å². The molecule has 3 amide bonds. The second kappa shape index (κ2) is 10.1. The molecular weight excluding hydrogens is 522 g/mol. The number of aromatic nitrogens is 1. The van der Waals surface area contributed by atoms with Crippen LogP contribution in [0, 0.1) is 6.92 Å². The lowest BCUT2D eigenvalue weighted by Gasteiger charge is -2.22. The first-order valence-corrected chi connectivity index (χ1v) is 14.4. The Kier molecular flexibility index (Phi) is 6.93. The van der Waals surface area contributed by atoms with Gasteiger partial charge in [-0.3, -0.25) is 14.7 Å². The number of nitrogens with zero attached hydrogens (tertiary/aromatic N) is 4. The summed E-state index contributed by atoms with van der Waals surface area (Å²) in [5.74, 6) is -0.497. The zero-order valence-electron chi connectivity index (χ0n) is 22.1. The van der Waals surface area contributed by atoms with Crippen LogP contribution < -0.4 is 15.8 Å². The third-order valence-corrected chi connectivity index (χ3v) is 9.57. The fourth-order valence-electron chi connectivity index (χ4n) is 5.47. The summed E-state index contributed by atoms with van der Waals surface area (Å²) in [4.78, 5) is 46.3. The Labute approximate surface area is 226 Å². The molecule has 3 aromatic rings. The predicted molar refractivity (Wildman–Crippen MR) is 145 cm³/mol. The van der Waals surface area contributed by atoms with E-state index >= 15 is 0 Å². The van der Waals surface area contributed by atoms with Crippen molar-refractivity contribution in [3.8, 4) is 0 Å². The lowest BCUT2D eigenvalue weighted by molar-refractivity contribution is -0.130. The van der Waals surface area contributed by atoms with E-state index in [0.29, 0.717) is 11.1 Å². The molecule has 39 heavy (non-hydrogen) atoms. The maximum Gasteiger partial charge on any atom is 0.339 e. The third kappa shape index (κ3) is 4.57. The number of carbonyl (C=O) groups is 2. The molecule has 1 atom stereocenters. The largest absolute Gasteiger partial charge is 0.422 e. The summed E-state index contributed by atoms with van der Waals surface area (Å²) in [7, 11) is -3.87. The first-order valence-electron chi connectivity index (χ1n) is 13.0. The number of carbonyl (C=O) groups excluding carboxylic acids is 2. The molecule has 4 heterocycles. The Morgan fingerprint density at radius 2 is 1.92 bits per heavy atom. The van der Waals surface area contributed by atoms with Gasteiger partial charge >= 0.3 is 11.7 Å². The van der Waals surface area contributed by atoms with Gasteiger partial charge in [0.25, 0.3) is 5.91 Å². The minimum absolute atomic E-state index is 0.0263. The van der Waals surface area contributed by atoms with Gasteiger partial charge in [0, 0.05) is 67.8 Å². The Balaban J connectivity index is 1.34. The minimum atomic E-state index is -3.87. The van der Waals surface area contributed by atoms with Crippen molar-refractivity contribution in [2.75, 3.05) is 37.6 Å². The zero-order valence-corrected chi connectivity index (χ0v) is 23.0. The number of pyridine rings is 1. The Hall–Kier alpha value is -3.77. The molecular formula is C27H31N5O6S. The van der Waals surface area contributed by atoms with Gasteiger partial charge < -0.3 is 14.6 Å². The van der Waals surface area contributed by atoms with Gasteiger partial charge in [0.15, 0.2) is 0 Å². The highest BCUT2D eigenvalue weighted by Crippen LogP contribution is 2.32. The van der Waals surface area contributed by atoms with Crippen LogP contribution in [-0.4, -0.2) is 72.8 Å². The summed E-state index contributed by atoms with van der Waals surface area (Å²) in [6.45, 7) is 7.47. The van der Waals surface area contributed by atoms with E-state index in [0.717, 1.165) is 34.6 Å². The number of sulfonamides is 1. The number of amides is 3. The van der Waals surface area contributed by atoms with Crippen LogP contribution in [0.25, 0.3) is 11.0 Å². The summed E-state index contributed by atoms with van der Waals surface area (Å²) < 4.78 is 32.9. The summed E-state index contributed by atoms with van der Waals surface area (Å²) in [5.41, 5.74) is 0.740. The molecule has 2 fully saturated rings. The molecule has 0 radical (unpaired) electrons. The van der Waals surface area contributed by atoms with Gasteiger partial charge in [-0.25, -0.2) is 18.0 Å². The summed E-state index contributed by atoms with van der Waals surface area (Å²) in [5, 5.41) is 3.51. The number of hydrogen-bond acceptors (Lipinski definition) is 8. The Morgan fingerprint density at radius 1 is 1.15 bits per heavy atom. The predicted octanol–water partition coefficient (Wildman–Crippen LogP) is 2.27. The molecule has 1 spiro atoms. The topological polar surface area (TPSA) is 133 Å². The van der Waals surface area contributed by atoms with Crippen LogP contribution in [0.4, 0.5) is 10.5 Å². The molecule has 0 bridgehead atoms. The van der Waals surface area contributed by atoms with E-state index in [1.54, 1.807) is 0 Å². The molecule has 206 valence electrons. The zero-order chi connectivity index (χ0) is 27.9. The number of rotatable bonds is 8. The maximum atomic E-state index is 13.4. The maximum absolute atomic E-state index is 13.4. The molecule has 12 heteroatoms. The molecule has 0 aliphatic carbocycles. The monoisotopic (exact) mass is 553 g/mol. The van der Waals surface area contributed by atoms with E-state index in [2.05, 4.69) is 29.0 Å². The van der Waals surface area contributed by atoms with Gasteiger partial charge in [0.1, 0.15) is 16.0 Å². The van der Waals surface area contributed by atoms with Crippen LogP contribution in [0.15, 0.2) is 56.8 Å². The lowest BCUT2D eigenvalue weighted by atomic mass is 9.98. The van der Waals surface area contributed by atoms with Gasteiger partial charge in [0.05, 0.1) is 0 Å². The Morgan fingerprint density at radius 3 is 2.62 bits per heavy atom. The highest BCUT2D eigenvalue weighted by atomic mass is 32.2. The van der Waals surface area contributed by atoms with Crippen molar-refractivity contribution >= 4 is 38.6 Å². The van der Waals surface area contributed by atoms with E-state index in [1.165, 1.54) is 28.8 Å².